The van der Waals surface area contributed by atoms with E-state index in [-0.39, 0.29) is 30.5 Å². The van der Waals surface area contributed by atoms with E-state index in [9.17, 15) is 14.7 Å². The van der Waals surface area contributed by atoms with E-state index in [4.69, 9.17) is 5.11 Å². The van der Waals surface area contributed by atoms with Crippen molar-refractivity contribution in [1.29, 1.82) is 0 Å². The Bertz CT molecular complexity index is 374. The van der Waals surface area contributed by atoms with Crippen LogP contribution in [-0.2, 0) is 4.79 Å². The molecule has 0 aromatic rings. The molecule has 0 spiro atoms. The maximum absolute atomic E-state index is 12.1. The SMILES string of the molecule is CC1CCN(C(=O)NCC2CCCC2C(=O)O)C1CO. The van der Waals surface area contributed by atoms with E-state index in [0.29, 0.717) is 25.4 Å². The number of carboxylic acid groups (broad SMARTS) is 1. The highest BCUT2D eigenvalue weighted by molar-refractivity contribution is 5.75. The van der Waals surface area contributed by atoms with Crippen molar-refractivity contribution in [3.05, 3.63) is 0 Å². The second-order valence-electron chi connectivity index (χ2n) is 6.03. The van der Waals surface area contributed by atoms with Gasteiger partial charge in [0.15, 0.2) is 0 Å². The highest BCUT2D eigenvalue weighted by Crippen LogP contribution is 2.31. The summed E-state index contributed by atoms with van der Waals surface area (Å²) in [4.78, 5) is 24.9. The lowest BCUT2D eigenvalue weighted by Gasteiger charge is -2.26. The molecule has 2 fully saturated rings. The molecule has 20 heavy (non-hydrogen) atoms. The Hall–Kier alpha value is -1.30. The molecule has 1 aliphatic heterocycles. The molecule has 2 amide bonds. The molecule has 1 saturated heterocycles. The zero-order chi connectivity index (χ0) is 14.7. The Morgan fingerprint density at radius 3 is 2.70 bits per heavy atom. The van der Waals surface area contributed by atoms with Gasteiger partial charge in [-0.15, -0.1) is 0 Å². The minimum Gasteiger partial charge on any atom is -0.481 e. The Balaban J connectivity index is 1.84. The van der Waals surface area contributed by atoms with Gasteiger partial charge in [0, 0.05) is 13.1 Å². The van der Waals surface area contributed by atoms with Gasteiger partial charge < -0.3 is 20.4 Å². The molecule has 6 nitrogen and oxygen atoms in total. The molecule has 4 unspecified atom stereocenters. The van der Waals surface area contributed by atoms with Gasteiger partial charge in [0.25, 0.3) is 0 Å². The van der Waals surface area contributed by atoms with Crippen LogP contribution >= 0.6 is 0 Å². The number of hydrogen-bond donors (Lipinski definition) is 3. The molecular formula is C14H24N2O4. The maximum atomic E-state index is 12.1. The number of carboxylic acids is 1. The summed E-state index contributed by atoms with van der Waals surface area (Å²) in [6, 6.07) is -0.293. The van der Waals surface area contributed by atoms with Gasteiger partial charge in [-0.3, -0.25) is 4.79 Å². The van der Waals surface area contributed by atoms with Gasteiger partial charge >= 0.3 is 12.0 Å². The summed E-state index contributed by atoms with van der Waals surface area (Å²) < 4.78 is 0. The van der Waals surface area contributed by atoms with Gasteiger partial charge in [0.1, 0.15) is 0 Å². The zero-order valence-corrected chi connectivity index (χ0v) is 11.9. The number of aliphatic hydroxyl groups is 1. The molecule has 0 radical (unpaired) electrons. The number of nitrogens with one attached hydrogen (secondary N) is 1. The molecular weight excluding hydrogens is 260 g/mol. The van der Waals surface area contributed by atoms with Gasteiger partial charge in [0.05, 0.1) is 18.6 Å². The second-order valence-corrected chi connectivity index (χ2v) is 6.03. The fraction of sp³-hybridized carbons (Fsp3) is 0.857. The van der Waals surface area contributed by atoms with Gasteiger partial charge in [-0.2, -0.15) is 0 Å². The van der Waals surface area contributed by atoms with Crippen LogP contribution in [0.4, 0.5) is 4.79 Å². The highest BCUT2D eigenvalue weighted by atomic mass is 16.4. The fourth-order valence-electron chi connectivity index (χ4n) is 3.46. The Labute approximate surface area is 119 Å². The number of hydrogen-bond acceptors (Lipinski definition) is 3. The van der Waals surface area contributed by atoms with Gasteiger partial charge in [-0.05, 0) is 31.1 Å². The summed E-state index contributed by atoms with van der Waals surface area (Å²) in [5.41, 5.74) is 0. The number of carbonyl (C=O) groups is 2. The number of nitrogens with zero attached hydrogens (tertiary/aromatic N) is 1. The van der Waals surface area contributed by atoms with Crippen molar-refractivity contribution in [2.75, 3.05) is 19.7 Å². The molecule has 1 saturated carbocycles. The quantitative estimate of drug-likeness (QED) is 0.715. The molecule has 6 heteroatoms. The Kier molecular flexibility index (Phi) is 4.86. The molecule has 0 aromatic carbocycles. The summed E-state index contributed by atoms with van der Waals surface area (Å²) in [5, 5.41) is 21.3. The summed E-state index contributed by atoms with van der Waals surface area (Å²) >= 11 is 0. The predicted molar refractivity (Wildman–Crippen MR) is 73.2 cm³/mol. The minimum absolute atomic E-state index is 0.0181. The molecule has 2 rings (SSSR count). The molecule has 114 valence electrons. The van der Waals surface area contributed by atoms with Crippen molar-refractivity contribution in [3.8, 4) is 0 Å². The van der Waals surface area contributed by atoms with E-state index in [2.05, 4.69) is 5.32 Å². The minimum atomic E-state index is -0.759. The third kappa shape index (κ3) is 3.06. The lowest BCUT2D eigenvalue weighted by atomic mass is 9.96. The highest BCUT2D eigenvalue weighted by Gasteiger charge is 2.36. The van der Waals surface area contributed by atoms with Crippen molar-refractivity contribution >= 4 is 12.0 Å². The zero-order valence-electron chi connectivity index (χ0n) is 11.9. The topological polar surface area (TPSA) is 89.9 Å². The third-order valence-electron chi connectivity index (χ3n) is 4.82. The number of rotatable bonds is 4. The van der Waals surface area contributed by atoms with Crippen LogP contribution in [0.2, 0.25) is 0 Å². The first-order chi connectivity index (χ1) is 9.54. The van der Waals surface area contributed by atoms with Crippen molar-refractivity contribution in [2.45, 2.75) is 38.6 Å². The Morgan fingerprint density at radius 1 is 1.30 bits per heavy atom. The summed E-state index contributed by atoms with van der Waals surface area (Å²) in [6.07, 6.45) is 3.38. The smallest absolute Gasteiger partial charge is 0.317 e. The first kappa shape index (κ1) is 15.1. The van der Waals surface area contributed by atoms with Crippen LogP contribution in [-0.4, -0.2) is 52.9 Å². The predicted octanol–water partition coefficient (Wildman–Crippen LogP) is 0.900. The van der Waals surface area contributed by atoms with E-state index in [1.807, 2.05) is 6.92 Å². The number of amides is 2. The number of carbonyl (C=O) groups excluding carboxylic acids is 1. The van der Waals surface area contributed by atoms with Crippen molar-refractivity contribution in [3.63, 3.8) is 0 Å². The van der Waals surface area contributed by atoms with Crippen LogP contribution < -0.4 is 5.32 Å². The molecule has 0 aromatic heterocycles. The second kappa shape index (κ2) is 6.43. The Morgan fingerprint density at radius 2 is 2.05 bits per heavy atom. The molecule has 4 atom stereocenters. The van der Waals surface area contributed by atoms with E-state index in [0.717, 1.165) is 19.3 Å². The number of aliphatic carboxylic acids is 1. The van der Waals surface area contributed by atoms with Gasteiger partial charge in [-0.1, -0.05) is 13.3 Å². The van der Waals surface area contributed by atoms with E-state index in [1.165, 1.54) is 0 Å². The molecule has 2 aliphatic rings. The maximum Gasteiger partial charge on any atom is 0.317 e. The molecule has 1 aliphatic carbocycles. The molecule has 3 N–H and O–H groups in total. The fourth-order valence-corrected chi connectivity index (χ4v) is 3.46. The van der Waals surface area contributed by atoms with Crippen LogP contribution in [0, 0.1) is 17.8 Å². The van der Waals surface area contributed by atoms with Crippen LogP contribution in [0.1, 0.15) is 32.6 Å². The van der Waals surface area contributed by atoms with Crippen LogP contribution in [0.5, 0.6) is 0 Å². The van der Waals surface area contributed by atoms with Gasteiger partial charge in [0.2, 0.25) is 0 Å². The first-order valence-electron chi connectivity index (χ1n) is 7.42. The van der Waals surface area contributed by atoms with Crippen molar-refractivity contribution in [2.24, 2.45) is 17.8 Å². The standard InChI is InChI=1S/C14H24N2O4/c1-9-5-6-16(12(9)8-17)14(20)15-7-10-3-2-4-11(10)13(18)19/h9-12,17H,2-8H2,1H3,(H,15,20)(H,18,19). The average molecular weight is 284 g/mol. The van der Waals surface area contributed by atoms with E-state index in [1.54, 1.807) is 4.90 Å². The number of urea groups is 1. The first-order valence-corrected chi connectivity index (χ1v) is 7.42. The average Bonchev–Trinajstić information content (AvgIpc) is 3.01. The largest absolute Gasteiger partial charge is 0.481 e. The lowest BCUT2D eigenvalue weighted by Crippen LogP contribution is -2.47. The van der Waals surface area contributed by atoms with E-state index >= 15 is 0 Å². The monoisotopic (exact) mass is 284 g/mol. The van der Waals surface area contributed by atoms with E-state index < -0.39 is 5.97 Å². The van der Waals surface area contributed by atoms with Gasteiger partial charge in [-0.25, -0.2) is 4.79 Å². The lowest BCUT2D eigenvalue weighted by molar-refractivity contribution is -0.142. The summed E-state index contributed by atoms with van der Waals surface area (Å²) in [6.45, 7) is 3.09. The molecule has 1 heterocycles. The number of likely N-dealkylation sites (tertiary alicyclic amines) is 1. The summed E-state index contributed by atoms with van der Waals surface area (Å²) in [5.74, 6) is -0.751. The third-order valence-corrected chi connectivity index (χ3v) is 4.82. The van der Waals surface area contributed by atoms with Crippen LogP contribution in [0.25, 0.3) is 0 Å². The molecule has 0 bridgehead atoms. The number of aliphatic hydroxyl groups excluding tert-OH is 1. The van der Waals surface area contributed by atoms with Crippen molar-refractivity contribution in [1.82, 2.24) is 10.2 Å². The summed E-state index contributed by atoms with van der Waals surface area (Å²) in [7, 11) is 0. The van der Waals surface area contributed by atoms with Crippen LogP contribution in [0.15, 0.2) is 0 Å². The normalized spacial score (nSPS) is 33.4. The van der Waals surface area contributed by atoms with Crippen molar-refractivity contribution < 1.29 is 19.8 Å². The van der Waals surface area contributed by atoms with Crippen LogP contribution in [0.3, 0.4) is 0 Å².